The zero-order chi connectivity index (χ0) is 12.4. The molecule has 0 bridgehead atoms. The average molecular weight is 241 g/mol. The van der Waals surface area contributed by atoms with Gasteiger partial charge in [-0.25, -0.2) is 4.39 Å². The van der Waals surface area contributed by atoms with Crippen LogP contribution in [0.3, 0.4) is 0 Å². The van der Waals surface area contributed by atoms with Gasteiger partial charge in [0.15, 0.2) is 0 Å². The number of aryl methyl sites for hydroxylation is 1. The highest BCUT2D eigenvalue weighted by molar-refractivity contribution is 5.46. The quantitative estimate of drug-likeness (QED) is 0.843. The number of nitrogens with one attached hydrogen (secondary N) is 1. The van der Waals surface area contributed by atoms with Crippen molar-refractivity contribution in [1.29, 1.82) is 0 Å². The van der Waals surface area contributed by atoms with E-state index in [4.69, 9.17) is 0 Å². The van der Waals surface area contributed by atoms with Crippen LogP contribution in [0.2, 0.25) is 0 Å². The van der Waals surface area contributed by atoms with Crippen LogP contribution in [0, 0.1) is 5.82 Å². The van der Waals surface area contributed by atoms with Gasteiger partial charge in [0.25, 0.3) is 0 Å². The molecule has 1 aliphatic rings. The molecule has 92 valence electrons. The van der Waals surface area contributed by atoms with Gasteiger partial charge in [-0.1, -0.05) is 36.4 Å². The molecule has 0 saturated heterocycles. The summed E-state index contributed by atoms with van der Waals surface area (Å²) in [7, 11) is 0. The summed E-state index contributed by atoms with van der Waals surface area (Å²) in [6, 6.07) is 15.7. The summed E-state index contributed by atoms with van der Waals surface area (Å²) >= 11 is 0. The van der Waals surface area contributed by atoms with Crippen LogP contribution in [0.5, 0.6) is 0 Å². The topological polar surface area (TPSA) is 12.0 Å². The molecule has 0 saturated carbocycles. The molecular weight excluding hydrogens is 225 g/mol. The lowest BCUT2D eigenvalue weighted by Gasteiger charge is -2.26. The predicted octanol–water partition coefficient (Wildman–Crippen LogP) is 3.80. The number of fused-ring (bicyclic) bond motifs is 1. The molecular formula is C16H16FN. The van der Waals surface area contributed by atoms with Gasteiger partial charge in [0.2, 0.25) is 0 Å². The molecule has 1 aliphatic carbocycles. The lowest BCUT2D eigenvalue weighted by molar-refractivity contribution is 0.592. The molecule has 0 radical (unpaired) electrons. The minimum atomic E-state index is -0.170. The Labute approximate surface area is 107 Å². The summed E-state index contributed by atoms with van der Waals surface area (Å²) in [5.74, 6) is -0.170. The third-order valence-electron chi connectivity index (χ3n) is 3.58. The fourth-order valence-electron chi connectivity index (χ4n) is 2.62. The molecule has 0 heterocycles. The highest BCUT2D eigenvalue weighted by atomic mass is 19.1. The average Bonchev–Trinajstić information content (AvgIpc) is 2.41. The van der Waals surface area contributed by atoms with Gasteiger partial charge in [-0.3, -0.25) is 0 Å². The maximum Gasteiger partial charge on any atom is 0.146 e. The third-order valence-corrected chi connectivity index (χ3v) is 3.58. The zero-order valence-corrected chi connectivity index (χ0v) is 10.2. The fraction of sp³-hybridized carbons (Fsp3) is 0.250. The van der Waals surface area contributed by atoms with Crippen molar-refractivity contribution in [3.05, 3.63) is 65.5 Å². The van der Waals surface area contributed by atoms with E-state index in [0.29, 0.717) is 11.7 Å². The van der Waals surface area contributed by atoms with E-state index in [1.54, 1.807) is 12.1 Å². The van der Waals surface area contributed by atoms with E-state index in [9.17, 15) is 4.39 Å². The second kappa shape index (κ2) is 4.81. The molecule has 0 spiro atoms. The second-order valence-corrected chi connectivity index (χ2v) is 4.83. The highest BCUT2D eigenvalue weighted by Crippen LogP contribution is 2.24. The summed E-state index contributed by atoms with van der Waals surface area (Å²) in [5.41, 5.74) is 3.43. The third kappa shape index (κ3) is 2.23. The van der Waals surface area contributed by atoms with Crippen molar-refractivity contribution in [1.82, 2.24) is 0 Å². The SMILES string of the molecule is Fc1ccccc1NC1CCc2ccccc2C1. The number of hydrogen-bond acceptors (Lipinski definition) is 1. The molecule has 0 amide bonds. The van der Waals surface area contributed by atoms with Gasteiger partial charge in [0.05, 0.1) is 5.69 Å². The normalized spacial score (nSPS) is 18.2. The fourth-order valence-corrected chi connectivity index (χ4v) is 2.62. The molecule has 1 atom stereocenters. The summed E-state index contributed by atoms with van der Waals surface area (Å²) in [6.07, 6.45) is 3.11. The van der Waals surface area contributed by atoms with Crippen molar-refractivity contribution >= 4 is 5.69 Å². The first kappa shape index (κ1) is 11.3. The molecule has 2 aromatic carbocycles. The Bertz CT molecular complexity index is 550. The standard InChI is InChI=1S/C16H16FN/c17-15-7-3-4-8-16(15)18-14-10-9-12-5-1-2-6-13(12)11-14/h1-8,14,18H,9-11H2. The van der Waals surface area contributed by atoms with E-state index >= 15 is 0 Å². The maximum absolute atomic E-state index is 13.6. The first-order valence-corrected chi connectivity index (χ1v) is 6.41. The minimum Gasteiger partial charge on any atom is -0.380 e. The number of anilines is 1. The molecule has 18 heavy (non-hydrogen) atoms. The van der Waals surface area contributed by atoms with E-state index in [2.05, 4.69) is 29.6 Å². The zero-order valence-electron chi connectivity index (χ0n) is 10.2. The van der Waals surface area contributed by atoms with E-state index in [0.717, 1.165) is 19.3 Å². The predicted molar refractivity (Wildman–Crippen MR) is 72.3 cm³/mol. The Hall–Kier alpha value is -1.83. The van der Waals surface area contributed by atoms with Crippen molar-refractivity contribution in [3.8, 4) is 0 Å². The van der Waals surface area contributed by atoms with Crippen LogP contribution in [0.15, 0.2) is 48.5 Å². The Morgan fingerprint density at radius 3 is 2.50 bits per heavy atom. The summed E-state index contributed by atoms with van der Waals surface area (Å²) < 4.78 is 13.6. The van der Waals surface area contributed by atoms with Crippen LogP contribution in [-0.4, -0.2) is 6.04 Å². The van der Waals surface area contributed by atoms with Crippen LogP contribution in [0.1, 0.15) is 17.5 Å². The highest BCUT2D eigenvalue weighted by Gasteiger charge is 2.18. The largest absolute Gasteiger partial charge is 0.380 e. The van der Waals surface area contributed by atoms with Crippen LogP contribution < -0.4 is 5.32 Å². The van der Waals surface area contributed by atoms with Crippen LogP contribution in [-0.2, 0) is 12.8 Å². The molecule has 0 fully saturated rings. The smallest absolute Gasteiger partial charge is 0.146 e. The van der Waals surface area contributed by atoms with Gasteiger partial charge in [-0.15, -0.1) is 0 Å². The van der Waals surface area contributed by atoms with Gasteiger partial charge in [0, 0.05) is 6.04 Å². The lowest BCUT2D eigenvalue weighted by atomic mass is 9.88. The van der Waals surface area contributed by atoms with Crippen molar-refractivity contribution < 1.29 is 4.39 Å². The number of benzene rings is 2. The molecule has 0 aliphatic heterocycles. The van der Waals surface area contributed by atoms with Crippen LogP contribution >= 0.6 is 0 Å². The maximum atomic E-state index is 13.6. The van der Waals surface area contributed by atoms with E-state index in [-0.39, 0.29) is 5.82 Å². The second-order valence-electron chi connectivity index (χ2n) is 4.83. The molecule has 1 N–H and O–H groups in total. The molecule has 2 aromatic rings. The van der Waals surface area contributed by atoms with Crippen molar-refractivity contribution in [2.45, 2.75) is 25.3 Å². The van der Waals surface area contributed by atoms with Crippen molar-refractivity contribution in [2.75, 3.05) is 5.32 Å². The monoisotopic (exact) mass is 241 g/mol. The Morgan fingerprint density at radius 1 is 0.944 bits per heavy atom. The molecule has 0 aromatic heterocycles. The van der Waals surface area contributed by atoms with Gasteiger partial charge in [0.1, 0.15) is 5.82 Å². The van der Waals surface area contributed by atoms with E-state index in [1.165, 1.54) is 17.2 Å². The molecule has 1 nitrogen and oxygen atoms in total. The number of para-hydroxylation sites is 1. The first-order chi connectivity index (χ1) is 8.83. The van der Waals surface area contributed by atoms with Crippen molar-refractivity contribution in [2.24, 2.45) is 0 Å². The summed E-state index contributed by atoms with van der Waals surface area (Å²) in [5, 5.41) is 3.32. The number of hydrogen-bond donors (Lipinski definition) is 1. The first-order valence-electron chi connectivity index (χ1n) is 6.41. The minimum absolute atomic E-state index is 0.170. The Balaban J connectivity index is 1.75. The number of halogens is 1. The summed E-state index contributed by atoms with van der Waals surface area (Å²) in [6.45, 7) is 0. The Morgan fingerprint density at radius 2 is 1.67 bits per heavy atom. The van der Waals surface area contributed by atoms with Gasteiger partial charge in [-0.2, -0.15) is 0 Å². The van der Waals surface area contributed by atoms with Crippen molar-refractivity contribution in [3.63, 3.8) is 0 Å². The Kier molecular flexibility index (Phi) is 3.01. The van der Waals surface area contributed by atoms with Gasteiger partial charge in [-0.05, 0) is 42.5 Å². The van der Waals surface area contributed by atoms with E-state index in [1.807, 2.05) is 6.07 Å². The van der Waals surface area contributed by atoms with Gasteiger partial charge < -0.3 is 5.32 Å². The van der Waals surface area contributed by atoms with E-state index < -0.39 is 0 Å². The molecule has 1 unspecified atom stereocenters. The van der Waals surface area contributed by atoms with Gasteiger partial charge >= 0.3 is 0 Å². The summed E-state index contributed by atoms with van der Waals surface area (Å²) in [4.78, 5) is 0. The number of rotatable bonds is 2. The lowest BCUT2D eigenvalue weighted by Crippen LogP contribution is -2.27. The van der Waals surface area contributed by atoms with Crippen LogP contribution in [0.25, 0.3) is 0 Å². The van der Waals surface area contributed by atoms with Crippen LogP contribution in [0.4, 0.5) is 10.1 Å². The molecule has 2 heteroatoms. The molecule has 3 rings (SSSR count).